The van der Waals surface area contributed by atoms with E-state index in [0.29, 0.717) is 32.2 Å². The Bertz CT molecular complexity index is 1550. The van der Waals surface area contributed by atoms with Gasteiger partial charge in [0.2, 0.25) is 17.7 Å². The molecule has 0 spiro atoms. The zero-order valence-corrected chi connectivity index (χ0v) is 27.2. The quantitative estimate of drug-likeness (QED) is 0.257. The van der Waals surface area contributed by atoms with Crippen LogP contribution in [0.2, 0.25) is 0 Å². The summed E-state index contributed by atoms with van der Waals surface area (Å²) in [4.78, 5) is 55.1. The molecule has 0 saturated carbocycles. The van der Waals surface area contributed by atoms with Gasteiger partial charge in [-0.3, -0.25) is 19.4 Å². The average Bonchev–Trinajstić information content (AvgIpc) is 3.42. The lowest BCUT2D eigenvalue weighted by atomic mass is 9.74. The van der Waals surface area contributed by atoms with Gasteiger partial charge in [-0.1, -0.05) is 48.5 Å². The maximum atomic E-state index is 14.2. The number of aliphatic carboxylic acids is 1. The first-order chi connectivity index (χ1) is 21.9. The van der Waals surface area contributed by atoms with E-state index >= 15 is 0 Å². The number of aromatic amines is 1. The summed E-state index contributed by atoms with van der Waals surface area (Å²) in [7, 11) is 5.43. The number of carboxylic acid groups (broad SMARTS) is 1. The average molecular weight is 661 g/mol. The molecule has 1 aromatic heterocycles. The van der Waals surface area contributed by atoms with Gasteiger partial charge in [0.25, 0.3) is 0 Å². The van der Waals surface area contributed by atoms with Crippen molar-refractivity contribution in [2.75, 3.05) is 34.2 Å². The van der Waals surface area contributed by atoms with E-state index in [1.807, 2.05) is 74.9 Å². The molecule has 3 aromatic rings. The smallest absolute Gasteiger partial charge is 0.475 e. The molecule has 0 unspecified atom stereocenters. The molecule has 256 valence electrons. The summed E-state index contributed by atoms with van der Waals surface area (Å²) in [6, 6.07) is 17.0. The fraction of sp³-hybridized carbons (Fsp3) is 0.455. The number of halogens is 3. The van der Waals surface area contributed by atoms with Crippen molar-refractivity contribution in [3.05, 3.63) is 71.9 Å². The van der Waals surface area contributed by atoms with Gasteiger partial charge in [0.1, 0.15) is 6.04 Å². The van der Waals surface area contributed by atoms with Gasteiger partial charge in [-0.25, -0.2) is 9.80 Å². The molecule has 0 aliphatic carbocycles. The minimum absolute atomic E-state index is 0.0286. The summed E-state index contributed by atoms with van der Waals surface area (Å²) in [6.45, 7) is 4.03. The van der Waals surface area contributed by atoms with Gasteiger partial charge >= 0.3 is 12.1 Å². The number of rotatable bonds is 9. The number of hydrogen-bond acceptors (Lipinski definition) is 6. The summed E-state index contributed by atoms with van der Waals surface area (Å²) in [6.07, 6.45) is -1.03. The lowest BCUT2D eigenvalue weighted by Crippen LogP contribution is -2.61. The molecule has 1 saturated heterocycles. The molecule has 11 nitrogen and oxygen atoms in total. The van der Waals surface area contributed by atoms with Crippen molar-refractivity contribution in [2.24, 2.45) is 11.1 Å². The van der Waals surface area contributed by atoms with Gasteiger partial charge in [0, 0.05) is 57.8 Å². The van der Waals surface area contributed by atoms with Gasteiger partial charge in [-0.15, -0.1) is 0 Å². The lowest BCUT2D eigenvalue weighted by Gasteiger charge is -2.45. The van der Waals surface area contributed by atoms with Crippen molar-refractivity contribution in [3.63, 3.8) is 0 Å². The molecular formula is C33H43F3N6O5. The molecule has 4 rings (SSSR count). The number of alkyl halides is 3. The molecule has 1 aliphatic rings. The molecule has 1 fully saturated rings. The first-order valence-corrected chi connectivity index (χ1v) is 15.1. The van der Waals surface area contributed by atoms with Crippen molar-refractivity contribution in [3.8, 4) is 0 Å². The number of fused-ring (bicyclic) bond motifs is 1. The predicted octanol–water partition coefficient (Wildman–Crippen LogP) is 3.35. The summed E-state index contributed by atoms with van der Waals surface area (Å²) in [5.74, 6) is -3.39. The van der Waals surface area contributed by atoms with Gasteiger partial charge in [0.05, 0.1) is 11.0 Å². The SMILES string of the molecule is CN(C)N(C)C(=O)[C@@]1(Cc2ccccc2)CCCN(C(=O)[C@@H](Cc2c[nH]c3ccccc23)NC(=O)C(C)(C)N)C1.O=C(O)C(F)(F)F. The lowest BCUT2D eigenvalue weighted by molar-refractivity contribution is -0.192. The standard InChI is InChI=1S/C31H42N6O3.C2HF3O2/c1-30(2,32)28(39)34-26(18-23-20-33-25-15-10-9-14-24(23)25)27(38)37-17-11-16-31(21-37,29(40)36(5)35(3)4)19-22-12-7-6-8-13-22;3-2(4,5)1(6)7/h6-10,12-15,20,26,33H,11,16-19,21,32H2,1-5H3,(H,34,39);(H,6,7)/t26-,31-;/m1./s1. The summed E-state index contributed by atoms with van der Waals surface area (Å²) in [5.41, 5.74) is 7.10. The van der Waals surface area contributed by atoms with Crippen LogP contribution in [0.25, 0.3) is 10.9 Å². The maximum Gasteiger partial charge on any atom is 0.490 e. The Morgan fingerprint density at radius 1 is 1.04 bits per heavy atom. The number of likely N-dealkylation sites (tertiary alicyclic amines) is 1. The second kappa shape index (κ2) is 15.0. The van der Waals surface area contributed by atoms with E-state index in [1.54, 1.807) is 35.8 Å². The van der Waals surface area contributed by atoms with E-state index in [2.05, 4.69) is 10.3 Å². The van der Waals surface area contributed by atoms with Crippen LogP contribution in [0.15, 0.2) is 60.8 Å². The van der Waals surface area contributed by atoms with E-state index < -0.39 is 35.0 Å². The summed E-state index contributed by atoms with van der Waals surface area (Å²) < 4.78 is 31.7. The van der Waals surface area contributed by atoms with E-state index in [1.165, 1.54) is 0 Å². The van der Waals surface area contributed by atoms with Crippen LogP contribution in [0.1, 0.15) is 37.8 Å². The van der Waals surface area contributed by atoms with E-state index in [9.17, 15) is 27.6 Å². The molecule has 47 heavy (non-hydrogen) atoms. The Labute approximate surface area is 271 Å². The fourth-order valence-corrected chi connectivity index (χ4v) is 5.51. The van der Waals surface area contributed by atoms with Gasteiger partial charge in [0.15, 0.2) is 0 Å². The maximum absolute atomic E-state index is 14.2. The number of amides is 3. The predicted molar refractivity (Wildman–Crippen MR) is 171 cm³/mol. The fourth-order valence-electron chi connectivity index (χ4n) is 5.51. The molecular weight excluding hydrogens is 617 g/mol. The number of hydrogen-bond donors (Lipinski definition) is 4. The number of carbonyl (C=O) groups is 4. The number of carbonyl (C=O) groups excluding carboxylic acids is 3. The number of benzene rings is 2. The van der Waals surface area contributed by atoms with Crippen LogP contribution in [0, 0.1) is 5.41 Å². The number of nitrogens with two attached hydrogens (primary N) is 1. The number of aromatic nitrogens is 1. The molecule has 0 radical (unpaired) electrons. The molecule has 3 amide bonds. The topological polar surface area (TPSA) is 152 Å². The Kier molecular flexibility index (Phi) is 11.8. The van der Waals surface area contributed by atoms with Crippen LogP contribution in [0.5, 0.6) is 0 Å². The number of piperidine rings is 1. The van der Waals surface area contributed by atoms with Crippen molar-refractivity contribution in [1.29, 1.82) is 0 Å². The normalized spacial score (nSPS) is 17.4. The molecule has 5 N–H and O–H groups in total. The van der Waals surface area contributed by atoms with Crippen molar-refractivity contribution in [2.45, 2.75) is 57.3 Å². The van der Waals surface area contributed by atoms with Gasteiger partial charge in [-0.2, -0.15) is 13.2 Å². The molecule has 1 aliphatic heterocycles. The van der Waals surface area contributed by atoms with Crippen LogP contribution >= 0.6 is 0 Å². The van der Waals surface area contributed by atoms with Gasteiger partial charge < -0.3 is 26.0 Å². The van der Waals surface area contributed by atoms with Crippen LogP contribution in [-0.2, 0) is 32.0 Å². The van der Waals surface area contributed by atoms with Crippen LogP contribution < -0.4 is 11.1 Å². The Morgan fingerprint density at radius 2 is 1.64 bits per heavy atom. The number of H-pyrrole nitrogens is 1. The van der Waals surface area contributed by atoms with E-state index in [4.69, 9.17) is 15.6 Å². The number of nitrogens with one attached hydrogen (secondary N) is 2. The summed E-state index contributed by atoms with van der Waals surface area (Å²) >= 11 is 0. The van der Waals surface area contributed by atoms with E-state index in [0.717, 1.165) is 22.0 Å². The molecule has 0 bridgehead atoms. The van der Waals surface area contributed by atoms with Crippen molar-refractivity contribution < 1.29 is 37.5 Å². The first kappa shape index (κ1) is 37.0. The Balaban J connectivity index is 0.000000771. The Morgan fingerprint density at radius 3 is 2.21 bits per heavy atom. The highest BCUT2D eigenvalue weighted by atomic mass is 19.4. The van der Waals surface area contributed by atoms with Crippen LogP contribution in [0.4, 0.5) is 13.2 Å². The minimum Gasteiger partial charge on any atom is -0.475 e. The highest BCUT2D eigenvalue weighted by Crippen LogP contribution is 2.36. The molecule has 2 heterocycles. The summed E-state index contributed by atoms with van der Waals surface area (Å²) in [5, 5.41) is 14.4. The van der Waals surface area contributed by atoms with E-state index in [-0.39, 0.29) is 18.4 Å². The van der Waals surface area contributed by atoms with Crippen molar-refractivity contribution in [1.82, 2.24) is 25.2 Å². The molecule has 2 aromatic carbocycles. The number of para-hydroxylation sites is 1. The van der Waals surface area contributed by atoms with Crippen LogP contribution in [0.3, 0.4) is 0 Å². The zero-order chi connectivity index (χ0) is 35.2. The van der Waals surface area contributed by atoms with Crippen LogP contribution in [-0.4, -0.2) is 101 Å². The number of carboxylic acids is 1. The second-order valence-corrected chi connectivity index (χ2v) is 12.6. The molecule has 14 heteroatoms. The largest absolute Gasteiger partial charge is 0.490 e. The zero-order valence-electron chi connectivity index (χ0n) is 27.2. The second-order valence-electron chi connectivity index (χ2n) is 12.6. The van der Waals surface area contributed by atoms with Crippen molar-refractivity contribution >= 4 is 34.6 Å². The monoisotopic (exact) mass is 660 g/mol. The highest BCUT2D eigenvalue weighted by Gasteiger charge is 2.46. The number of hydrazine groups is 1. The minimum atomic E-state index is -5.08. The third-order valence-corrected chi connectivity index (χ3v) is 8.15. The highest BCUT2D eigenvalue weighted by molar-refractivity contribution is 5.93. The number of nitrogens with zero attached hydrogens (tertiary/aromatic N) is 3. The Hall–Kier alpha value is -4.43. The third kappa shape index (κ3) is 9.55. The molecule has 2 atom stereocenters. The first-order valence-electron chi connectivity index (χ1n) is 15.1. The van der Waals surface area contributed by atoms with Gasteiger partial charge in [-0.05, 0) is 50.3 Å². The third-order valence-electron chi connectivity index (χ3n) is 8.15.